The Morgan fingerprint density at radius 2 is 1.75 bits per heavy atom. The van der Waals surface area contributed by atoms with Gasteiger partial charge in [-0.05, 0) is 42.0 Å². The van der Waals surface area contributed by atoms with Crippen molar-refractivity contribution in [1.82, 2.24) is 14.3 Å². The van der Waals surface area contributed by atoms with Crippen LogP contribution in [0.2, 0.25) is 5.02 Å². The van der Waals surface area contributed by atoms with Crippen LogP contribution in [0.1, 0.15) is 11.1 Å². The smallest absolute Gasteiger partial charge is 0.269 e. The number of nitrogens with zero attached hydrogens (tertiary/aromatic N) is 3. The number of aromatic nitrogens is 2. The summed E-state index contributed by atoms with van der Waals surface area (Å²) in [5.41, 5.74) is 0.893. The first-order chi connectivity index (χ1) is 17.5. The third kappa shape index (κ3) is 4.60. The number of hydrogen-bond acceptors (Lipinski definition) is 7. The molecule has 0 atom stereocenters. The molecule has 36 heavy (non-hydrogen) atoms. The van der Waals surface area contributed by atoms with E-state index in [0.717, 1.165) is 17.3 Å². The summed E-state index contributed by atoms with van der Waals surface area (Å²) in [7, 11) is 1.52. The van der Waals surface area contributed by atoms with E-state index in [1.54, 1.807) is 54.7 Å². The van der Waals surface area contributed by atoms with Crippen LogP contribution in [0, 0.1) is 0 Å². The molecule has 1 aliphatic rings. The molecule has 1 aliphatic heterocycles. The highest BCUT2D eigenvalue weighted by Gasteiger charge is 2.33. The summed E-state index contributed by atoms with van der Waals surface area (Å²) in [6.07, 6.45) is 3.09. The molecule has 0 unspecified atom stereocenters. The minimum absolute atomic E-state index is 0.0482. The van der Waals surface area contributed by atoms with Gasteiger partial charge in [-0.1, -0.05) is 72.0 Å². The number of ether oxygens (including phenoxy) is 2. The Kier molecular flexibility index (Phi) is 6.77. The lowest BCUT2D eigenvalue weighted by atomic mass is 10.2. The highest BCUT2D eigenvalue weighted by molar-refractivity contribution is 8.26. The molecule has 2 aromatic carbocycles. The minimum atomic E-state index is -0.387. The molecule has 3 heterocycles. The van der Waals surface area contributed by atoms with E-state index in [4.69, 9.17) is 33.3 Å². The van der Waals surface area contributed by atoms with Crippen molar-refractivity contribution in [2.75, 3.05) is 7.11 Å². The van der Waals surface area contributed by atoms with Gasteiger partial charge in [0.1, 0.15) is 15.5 Å². The monoisotopic (exact) mass is 535 g/mol. The minimum Gasteiger partial charge on any atom is -0.493 e. The van der Waals surface area contributed by atoms with Crippen molar-refractivity contribution in [2.24, 2.45) is 0 Å². The number of carbonyl (C=O) groups excluding carboxylic acids is 1. The van der Waals surface area contributed by atoms with Crippen LogP contribution in [0.4, 0.5) is 0 Å². The molecule has 0 bridgehead atoms. The average Bonchev–Trinajstić information content (AvgIpc) is 3.15. The number of pyridine rings is 1. The van der Waals surface area contributed by atoms with E-state index in [-0.39, 0.29) is 34.4 Å². The van der Waals surface area contributed by atoms with Crippen LogP contribution in [-0.2, 0) is 11.3 Å². The number of carbonyl (C=O) groups is 1. The van der Waals surface area contributed by atoms with E-state index < -0.39 is 0 Å². The maximum Gasteiger partial charge on any atom is 0.269 e. The SMILES string of the molecule is COc1ccccc1Oc1nc2ccccn2c(=O)c1/C=C1/SC(=S)N(Cc2ccccc2Cl)C1=O. The molecule has 0 saturated carbocycles. The first-order valence-corrected chi connectivity index (χ1v) is 12.4. The largest absolute Gasteiger partial charge is 0.493 e. The molecule has 1 fully saturated rings. The van der Waals surface area contributed by atoms with Gasteiger partial charge in [0, 0.05) is 11.2 Å². The molecule has 180 valence electrons. The van der Waals surface area contributed by atoms with Crippen LogP contribution in [0.5, 0.6) is 17.4 Å². The Morgan fingerprint density at radius 3 is 2.53 bits per heavy atom. The average molecular weight is 536 g/mol. The van der Waals surface area contributed by atoms with Gasteiger partial charge in [0.05, 0.1) is 18.6 Å². The Balaban J connectivity index is 1.58. The number of hydrogen-bond donors (Lipinski definition) is 0. The van der Waals surface area contributed by atoms with E-state index in [1.807, 2.05) is 18.2 Å². The predicted octanol–water partition coefficient (Wildman–Crippen LogP) is 5.55. The van der Waals surface area contributed by atoms with Crippen LogP contribution in [0.15, 0.2) is 82.6 Å². The summed E-state index contributed by atoms with van der Waals surface area (Å²) in [5, 5.41) is 0.542. The number of halogens is 1. The van der Waals surface area contributed by atoms with Crippen molar-refractivity contribution in [3.63, 3.8) is 0 Å². The van der Waals surface area contributed by atoms with E-state index in [1.165, 1.54) is 22.5 Å². The number of amides is 1. The molecule has 4 aromatic rings. The molecule has 0 aliphatic carbocycles. The molecule has 0 radical (unpaired) electrons. The van der Waals surface area contributed by atoms with Gasteiger partial charge in [0.25, 0.3) is 11.5 Å². The number of para-hydroxylation sites is 2. The fourth-order valence-electron chi connectivity index (χ4n) is 3.66. The van der Waals surface area contributed by atoms with Crippen LogP contribution >= 0.6 is 35.6 Å². The zero-order valence-corrected chi connectivity index (χ0v) is 21.3. The molecule has 1 amide bonds. The lowest BCUT2D eigenvalue weighted by molar-refractivity contribution is -0.122. The number of fused-ring (bicyclic) bond motifs is 1. The summed E-state index contributed by atoms with van der Waals surface area (Å²) in [6, 6.07) is 19.5. The molecule has 5 rings (SSSR count). The van der Waals surface area contributed by atoms with Crippen LogP contribution in [-0.4, -0.2) is 31.6 Å². The predicted molar refractivity (Wildman–Crippen MR) is 145 cm³/mol. The van der Waals surface area contributed by atoms with E-state index >= 15 is 0 Å². The van der Waals surface area contributed by atoms with Gasteiger partial charge in [-0.3, -0.25) is 18.9 Å². The Hall–Kier alpha value is -3.66. The standard InChI is InChI=1S/C26H18ClN3O4S2/c1-33-19-10-4-5-11-20(19)34-23-17(24(31)29-13-7-6-12-22(29)28-23)14-21-25(32)30(26(35)36-21)15-16-8-2-3-9-18(16)27/h2-14H,15H2,1H3/b21-14+. The van der Waals surface area contributed by atoms with E-state index in [9.17, 15) is 9.59 Å². The van der Waals surface area contributed by atoms with Crippen molar-refractivity contribution in [1.29, 1.82) is 0 Å². The summed E-state index contributed by atoms with van der Waals surface area (Å²) >= 11 is 12.9. The van der Waals surface area contributed by atoms with Crippen molar-refractivity contribution in [3.8, 4) is 17.4 Å². The quantitative estimate of drug-likeness (QED) is 0.237. The lowest BCUT2D eigenvalue weighted by Crippen LogP contribution is -2.27. The highest BCUT2D eigenvalue weighted by atomic mass is 35.5. The topological polar surface area (TPSA) is 73.1 Å². The number of thioether (sulfide) groups is 1. The van der Waals surface area contributed by atoms with Crippen molar-refractivity contribution in [3.05, 3.63) is 104 Å². The van der Waals surface area contributed by atoms with Crippen LogP contribution in [0.3, 0.4) is 0 Å². The molecule has 7 nitrogen and oxygen atoms in total. The molecule has 2 aromatic heterocycles. The summed E-state index contributed by atoms with van der Waals surface area (Å²) < 4.78 is 13.2. The third-order valence-electron chi connectivity index (χ3n) is 5.45. The Morgan fingerprint density at radius 1 is 1.03 bits per heavy atom. The molecule has 10 heteroatoms. The van der Waals surface area contributed by atoms with Gasteiger partial charge < -0.3 is 9.47 Å². The van der Waals surface area contributed by atoms with Gasteiger partial charge in [-0.2, -0.15) is 4.98 Å². The van der Waals surface area contributed by atoms with Crippen molar-refractivity contribution >= 4 is 57.5 Å². The van der Waals surface area contributed by atoms with E-state index in [2.05, 4.69) is 4.98 Å². The van der Waals surface area contributed by atoms with Gasteiger partial charge in [0.2, 0.25) is 5.88 Å². The lowest BCUT2D eigenvalue weighted by Gasteiger charge is -2.15. The Labute approximate surface area is 220 Å². The number of thiocarbonyl (C=S) groups is 1. The molecular weight excluding hydrogens is 518 g/mol. The zero-order valence-electron chi connectivity index (χ0n) is 18.9. The first-order valence-electron chi connectivity index (χ1n) is 10.8. The van der Waals surface area contributed by atoms with Gasteiger partial charge in [-0.25, -0.2) is 0 Å². The maximum atomic E-state index is 13.5. The first kappa shape index (κ1) is 24.1. The summed E-state index contributed by atoms with van der Waals surface area (Å²) in [4.78, 5) is 33.1. The van der Waals surface area contributed by atoms with Crippen molar-refractivity contribution in [2.45, 2.75) is 6.54 Å². The highest BCUT2D eigenvalue weighted by Crippen LogP contribution is 2.36. The Bertz CT molecular complexity index is 1600. The summed E-state index contributed by atoms with van der Waals surface area (Å²) in [6.45, 7) is 0.223. The normalized spacial score (nSPS) is 14.6. The second kappa shape index (κ2) is 10.1. The van der Waals surface area contributed by atoms with Gasteiger partial charge in [-0.15, -0.1) is 0 Å². The number of methoxy groups -OCH3 is 1. The fraction of sp³-hybridized carbons (Fsp3) is 0.0769. The van der Waals surface area contributed by atoms with E-state index in [0.29, 0.717) is 26.5 Å². The second-order valence-corrected chi connectivity index (χ2v) is 9.76. The maximum absolute atomic E-state index is 13.5. The second-order valence-electron chi connectivity index (χ2n) is 7.68. The molecule has 0 spiro atoms. The van der Waals surface area contributed by atoms with Crippen LogP contribution in [0.25, 0.3) is 11.7 Å². The number of benzene rings is 2. The molecular formula is C26H18ClN3O4S2. The van der Waals surface area contributed by atoms with Crippen LogP contribution < -0.4 is 15.0 Å². The summed E-state index contributed by atoms with van der Waals surface area (Å²) in [5.74, 6) is 0.579. The molecule has 1 saturated heterocycles. The fourth-order valence-corrected chi connectivity index (χ4v) is 5.09. The molecule has 0 N–H and O–H groups in total. The third-order valence-corrected chi connectivity index (χ3v) is 7.19. The zero-order chi connectivity index (χ0) is 25.2. The van der Waals surface area contributed by atoms with Gasteiger partial charge in [0.15, 0.2) is 11.5 Å². The number of rotatable bonds is 6. The van der Waals surface area contributed by atoms with Crippen molar-refractivity contribution < 1.29 is 14.3 Å². The van der Waals surface area contributed by atoms with Gasteiger partial charge >= 0.3 is 0 Å².